The molecule has 0 saturated carbocycles. The molecule has 1 aliphatic rings. The molecule has 8 heteroatoms. The van der Waals surface area contributed by atoms with Gasteiger partial charge in [0.25, 0.3) is 0 Å². The number of benzene rings is 1. The van der Waals surface area contributed by atoms with E-state index < -0.39 is 0 Å². The third-order valence-corrected chi connectivity index (χ3v) is 5.04. The van der Waals surface area contributed by atoms with E-state index in [2.05, 4.69) is 36.4 Å². The summed E-state index contributed by atoms with van der Waals surface area (Å²) in [6.45, 7) is 4.74. The summed E-state index contributed by atoms with van der Waals surface area (Å²) in [5.74, 6) is 2.47. The molecule has 3 N–H and O–H groups in total. The van der Waals surface area contributed by atoms with Gasteiger partial charge in [-0.05, 0) is 19.8 Å². The minimum absolute atomic E-state index is 0.252. The molecule has 0 atom stereocenters. The molecule has 0 bridgehead atoms. The zero-order valence-corrected chi connectivity index (χ0v) is 16.0. The summed E-state index contributed by atoms with van der Waals surface area (Å²) in [7, 11) is 0. The lowest BCUT2D eigenvalue weighted by molar-refractivity contribution is 0.415. The number of piperidine rings is 1. The summed E-state index contributed by atoms with van der Waals surface area (Å²) in [6.07, 6.45) is 2.83. The summed E-state index contributed by atoms with van der Waals surface area (Å²) < 4.78 is 0. The van der Waals surface area contributed by atoms with Crippen molar-refractivity contribution in [3.63, 3.8) is 0 Å². The van der Waals surface area contributed by atoms with E-state index in [1.54, 1.807) is 0 Å². The molecule has 28 heavy (non-hydrogen) atoms. The second kappa shape index (κ2) is 8.35. The normalized spacial score (nSPS) is 15.1. The summed E-state index contributed by atoms with van der Waals surface area (Å²) >= 11 is 0. The van der Waals surface area contributed by atoms with Crippen LogP contribution >= 0.6 is 0 Å². The van der Waals surface area contributed by atoms with Crippen LogP contribution in [0.1, 0.15) is 24.4 Å². The smallest absolute Gasteiger partial charge is 0.340 e. The molecule has 0 aliphatic carbocycles. The summed E-state index contributed by atoms with van der Waals surface area (Å²) in [6, 6.07) is 12.6. The van der Waals surface area contributed by atoms with E-state index in [-0.39, 0.29) is 5.69 Å². The Kier molecular flexibility index (Phi) is 5.48. The van der Waals surface area contributed by atoms with Crippen LogP contribution in [0.2, 0.25) is 0 Å². The van der Waals surface area contributed by atoms with Crippen molar-refractivity contribution in [3.8, 4) is 11.4 Å². The van der Waals surface area contributed by atoms with Crippen LogP contribution in [0, 0.1) is 6.92 Å². The van der Waals surface area contributed by atoms with E-state index in [9.17, 15) is 4.79 Å². The predicted molar refractivity (Wildman–Crippen MR) is 108 cm³/mol. The molecule has 3 aromatic rings. The molecule has 8 nitrogen and oxygen atoms in total. The van der Waals surface area contributed by atoms with Gasteiger partial charge >= 0.3 is 5.69 Å². The number of anilines is 1. The van der Waals surface area contributed by atoms with Crippen LogP contribution in [0.5, 0.6) is 0 Å². The van der Waals surface area contributed by atoms with Gasteiger partial charge in [-0.3, -0.25) is 4.98 Å². The van der Waals surface area contributed by atoms with Crippen molar-refractivity contribution in [1.29, 1.82) is 0 Å². The highest BCUT2D eigenvalue weighted by Crippen LogP contribution is 2.22. The second-order valence-electron chi connectivity index (χ2n) is 7.15. The van der Waals surface area contributed by atoms with E-state index in [1.807, 2.05) is 37.3 Å². The third-order valence-electron chi connectivity index (χ3n) is 5.04. The van der Waals surface area contributed by atoms with Crippen LogP contribution in [0.4, 0.5) is 5.82 Å². The van der Waals surface area contributed by atoms with Gasteiger partial charge in [-0.15, -0.1) is 0 Å². The van der Waals surface area contributed by atoms with E-state index in [0.29, 0.717) is 18.3 Å². The van der Waals surface area contributed by atoms with Crippen molar-refractivity contribution in [1.82, 2.24) is 30.5 Å². The molecular weight excluding hydrogens is 354 g/mol. The number of hydrogen-bond donors (Lipinski definition) is 3. The first-order valence-corrected chi connectivity index (χ1v) is 9.70. The summed E-state index contributed by atoms with van der Waals surface area (Å²) in [5, 5.41) is 9.89. The number of nitrogens with one attached hydrogen (secondary N) is 3. The fraction of sp³-hybridized carbons (Fsp3) is 0.400. The Morgan fingerprint density at radius 3 is 2.68 bits per heavy atom. The van der Waals surface area contributed by atoms with Gasteiger partial charge in [0.05, 0.1) is 0 Å². The Morgan fingerprint density at radius 1 is 1.18 bits per heavy atom. The number of nitrogens with zero attached hydrogens (tertiary/aromatic N) is 4. The van der Waals surface area contributed by atoms with Crippen molar-refractivity contribution in [2.75, 3.05) is 24.5 Å². The van der Waals surface area contributed by atoms with Gasteiger partial charge in [0.1, 0.15) is 11.6 Å². The van der Waals surface area contributed by atoms with Crippen LogP contribution in [-0.4, -0.2) is 50.8 Å². The van der Waals surface area contributed by atoms with Gasteiger partial charge in [-0.25, -0.2) is 19.9 Å². The summed E-state index contributed by atoms with van der Waals surface area (Å²) in [4.78, 5) is 25.5. The Labute approximate surface area is 163 Å². The van der Waals surface area contributed by atoms with E-state index in [1.165, 1.54) is 0 Å². The van der Waals surface area contributed by atoms with E-state index in [4.69, 9.17) is 4.98 Å². The average Bonchev–Trinajstić information content (AvgIpc) is 3.14. The quantitative estimate of drug-likeness (QED) is 0.602. The van der Waals surface area contributed by atoms with Crippen molar-refractivity contribution >= 4 is 5.82 Å². The molecule has 1 aliphatic heterocycles. The largest absolute Gasteiger partial charge is 0.356 e. The maximum atomic E-state index is 11.1. The number of hydrogen-bond acceptors (Lipinski definition) is 6. The van der Waals surface area contributed by atoms with Crippen LogP contribution < -0.4 is 15.9 Å². The third kappa shape index (κ3) is 4.45. The SMILES string of the molecule is Cc1cc(N2CCC(NCCc3n[nH]c(=O)[nH]3)CC2)nc(-c2ccccc2)n1. The maximum Gasteiger partial charge on any atom is 0.340 e. The van der Waals surface area contributed by atoms with Crippen molar-refractivity contribution in [3.05, 3.63) is 58.4 Å². The summed E-state index contributed by atoms with van der Waals surface area (Å²) in [5.41, 5.74) is 1.77. The van der Waals surface area contributed by atoms with Gasteiger partial charge in [-0.2, -0.15) is 5.10 Å². The molecule has 0 radical (unpaired) electrons. The molecule has 1 saturated heterocycles. The first-order chi connectivity index (χ1) is 13.7. The number of H-pyrrole nitrogens is 2. The van der Waals surface area contributed by atoms with Crippen molar-refractivity contribution < 1.29 is 0 Å². The highest BCUT2D eigenvalue weighted by atomic mass is 16.1. The van der Waals surface area contributed by atoms with Gasteiger partial charge in [-0.1, -0.05) is 30.3 Å². The molecular formula is C20H25N7O. The Hall–Kier alpha value is -3.00. The van der Waals surface area contributed by atoms with Crippen LogP contribution in [-0.2, 0) is 6.42 Å². The Bertz CT molecular complexity index is 958. The van der Waals surface area contributed by atoms with Gasteiger partial charge in [0, 0.05) is 49.4 Å². The van der Waals surface area contributed by atoms with Gasteiger partial charge in [0.2, 0.25) is 0 Å². The zero-order valence-electron chi connectivity index (χ0n) is 16.0. The predicted octanol–water partition coefficient (Wildman–Crippen LogP) is 1.66. The van der Waals surface area contributed by atoms with Crippen LogP contribution in [0.25, 0.3) is 11.4 Å². The molecule has 1 aromatic carbocycles. The topological polar surface area (TPSA) is 103 Å². The molecule has 0 unspecified atom stereocenters. The first kappa shape index (κ1) is 18.4. The molecule has 3 heterocycles. The molecule has 2 aromatic heterocycles. The standard InChI is InChI=1S/C20H25N7O/c1-14-13-18(24-19(22-14)15-5-3-2-4-6-15)27-11-8-16(9-12-27)21-10-7-17-23-20(28)26-25-17/h2-6,13,16,21H,7-12H2,1H3,(H2,23,25,26,28). The average molecular weight is 379 g/mol. The number of aryl methyl sites for hydroxylation is 1. The number of aromatic amines is 2. The first-order valence-electron chi connectivity index (χ1n) is 9.70. The fourth-order valence-corrected chi connectivity index (χ4v) is 3.56. The minimum atomic E-state index is -0.252. The van der Waals surface area contributed by atoms with E-state index in [0.717, 1.165) is 55.4 Å². The molecule has 1 fully saturated rings. The van der Waals surface area contributed by atoms with Gasteiger partial charge in [0.15, 0.2) is 5.82 Å². The Morgan fingerprint density at radius 2 is 1.96 bits per heavy atom. The second-order valence-corrected chi connectivity index (χ2v) is 7.15. The number of rotatable bonds is 6. The molecule has 0 amide bonds. The zero-order chi connectivity index (χ0) is 19.3. The van der Waals surface area contributed by atoms with Crippen molar-refractivity contribution in [2.24, 2.45) is 0 Å². The lowest BCUT2D eigenvalue weighted by Crippen LogP contribution is -2.43. The minimum Gasteiger partial charge on any atom is -0.356 e. The van der Waals surface area contributed by atoms with E-state index >= 15 is 0 Å². The Balaban J connectivity index is 1.33. The molecule has 146 valence electrons. The lowest BCUT2D eigenvalue weighted by Gasteiger charge is -2.33. The molecule has 0 spiro atoms. The van der Waals surface area contributed by atoms with Crippen molar-refractivity contribution in [2.45, 2.75) is 32.2 Å². The molecule has 4 rings (SSSR count). The maximum absolute atomic E-state index is 11.1. The lowest BCUT2D eigenvalue weighted by atomic mass is 10.0. The van der Waals surface area contributed by atoms with Crippen LogP contribution in [0.3, 0.4) is 0 Å². The highest BCUT2D eigenvalue weighted by molar-refractivity contribution is 5.57. The number of aromatic nitrogens is 5. The fourth-order valence-electron chi connectivity index (χ4n) is 3.56. The highest BCUT2D eigenvalue weighted by Gasteiger charge is 2.20. The monoisotopic (exact) mass is 379 g/mol. The van der Waals surface area contributed by atoms with Gasteiger partial charge < -0.3 is 10.2 Å². The van der Waals surface area contributed by atoms with Crippen LogP contribution in [0.15, 0.2) is 41.2 Å².